The van der Waals surface area contributed by atoms with E-state index in [0.717, 1.165) is 11.3 Å². The van der Waals surface area contributed by atoms with Crippen molar-refractivity contribution in [3.05, 3.63) is 29.8 Å². The molecule has 0 bridgehead atoms. The van der Waals surface area contributed by atoms with Crippen LogP contribution in [0.1, 0.15) is 25.5 Å². The van der Waals surface area contributed by atoms with Crippen LogP contribution in [0.25, 0.3) is 0 Å². The van der Waals surface area contributed by atoms with Crippen LogP contribution in [0.15, 0.2) is 24.3 Å². The van der Waals surface area contributed by atoms with E-state index in [4.69, 9.17) is 10.5 Å². The number of nitrogens with one attached hydrogen (secondary N) is 1. The molecule has 1 rings (SSSR count). The van der Waals surface area contributed by atoms with E-state index in [1.54, 1.807) is 14.0 Å². The van der Waals surface area contributed by atoms with Crippen LogP contribution in [0.3, 0.4) is 0 Å². The van der Waals surface area contributed by atoms with E-state index in [9.17, 15) is 4.79 Å². The third-order valence-electron chi connectivity index (χ3n) is 2.37. The van der Waals surface area contributed by atoms with Gasteiger partial charge < -0.3 is 15.8 Å². The summed E-state index contributed by atoms with van der Waals surface area (Å²) in [7, 11) is 1.62. The first-order valence-corrected chi connectivity index (χ1v) is 5.24. The minimum Gasteiger partial charge on any atom is -0.497 e. The van der Waals surface area contributed by atoms with Gasteiger partial charge >= 0.3 is 0 Å². The van der Waals surface area contributed by atoms with E-state index in [2.05, 4.69) is 5.32 Å². The quantitative estimate of drug-likeness (QED) is 0.805. The number of amides is 1. The molecule has 1 aromatic rings. The maximum Gasteiger partial charge on any atom is 0.237 e. The first-order chi connectivity index (χ1) is 7.54. The lowest BCUT2D eigenvalue weighted by Gasteiger charge is -2.16. The molecule has 0 aromatic heterocycles. The van der Waals surface area contributed by atoms with Gasteiger partial charge in [0.25, 0.3) is 0 Å². The molecular formula is C12H18N2O2. The number of carbonyl (C=O) groups excluding carboxylic acids is 1. The maximum absolute atomic E-state index is 11.4. The highest BCUT2D eigenvalue weighted by molar-refractivity contribution is 5.81. The van der Waals surface area contributed by atoms with Gasteiger partial charge in [-0.1, -0.05) is 12.1 Å². The highest BCUT2D eigenvalue weighted by Crippen LogP contribution is 2.18. The largest absolute Gasteiger partial charge is 0.497 e. The Hall–Kier alpha value is -1.55. The van der Waals surface area contributed by atoms with Crippen molar-refractivity contribution in [2.24, 2.45) is 5.73 Å². The number of hydrogen-bond acceptors (Lipinski definition) is 3. The lowest BCUT2D eigenvalue weighted by molar-refractivity contribution is -0.122. The number of rotatable bonds is 4. The van der Waals surface area contributed by atoms with Crippen molar-refractivity contribution in [1.82, 2.24) is 5.32 Å². The Balaban J connectivity index is 2.72. The Morgan fingerprint density at radius 1 is 1.44 bits per heavy atom. The van der Waals surface area contributed by atoms with Gasteiger partial charge in [-0.3, -0.25) is 4.79 Å². The van der Waals surface area contributed by atoms with Crippen LogP contribution in [0, 0.1) is 0 Å². The van der Waals surface area contributed by atoms with Crippen LogP contribution in [-0.2, 0) is 4.79 Å². The maximum atomic E-state index is 11.4. The summed E-state index contributed by atoms with van der Waals surface area (Å²) in [6.45, 7) is 3.57. The highest BCUT2D eigenvalue weighted by Gasteiger charge is 2.12. The summed E-state index contributed by atoms with van der Waals surface area (Å²) in [4.78, 5) is 11.4. The van der Waals surface area contributed by atoms with E-state index in [1.165, 1.54) is 0 Å². The molecule has 0 aliphatic carbocycles. The Kier molecular flexibility index (Phi) is 4.31. The van der Waals surface area contributed by atoms with Crippen LogP contribution in [0.5, 0.6) is 5.75 Å². The second-order valence-corrected chi connectivity index (χ2v) is 3.80. The number of hydrogen-bond donors (Lipinski definition) is 2. The van der Waals surface area contributed by atoms with E-state index in [1.807, 2.05) is 31.2 Å². The summed E-state index contributed by atoms with van der Waals surface area (Å²) < 4.78 is 5.12. The normalized spacial score (nSPS) is 14.0. The second kappa shape index (κ2) is 5.51. The van der Waals surface area contributed by atoms with Crippen LogP contribution in [0.2, 0.25) is 0 Å². The van der Waals surface area contributed by atoms with Crippen molar-refractivity contribution in [1.29, 1.82) is 0 Å². The summed E-state index contributed by atoms with van der Waals surface area (Å²) in [6, 6.07) is 7.02. The molecule has 88 valence electrons. The Bertz CT molecular complexity index is 364. The van der Waals surface area contributed by atoms with Gasteiger partial charge in [0.05, 0.1) is 19.2 Å². The Morgan fingerprint density at radius 3 is 2.69 bits per heavy atom. The second-order valence-electron chi connectivity index (χ2n) is 3.80. The van der Waals surface area contributed by atoms with Gasteiger partial charge in [-0.15, -0.1) is 0 Å². The first-order valence-electron chi connectivity index (χ1n) is 5.24. The molecule has 2 atom stereocenters. The molecule has 3 N–H and O–H groups in total. The third-order valence-corrected chi connectivity index (χ3v) is 2.37. The fraction of sp³-hybridized carbons (Fsp3) is 0.417. The number of ether oxygens (including phenoxy) is 1. The molecule has 0 aliphatic rings. The minimum absolute atomic E-state index is 0.0754. The molecule has 0 radical (unpaired) electrons. The molecule has 1 amide bonds. The summed E-state index contributed by atoms with van der Waals surface area (Å²) in [5, 5.41) is 2.83. The fourth-order valence-corrected chi connectivity index (χ4v) is 1.34. The van der Waals surface area contributed by atoms with Crippen LogP contribution in [0.4, 0.5) is 0 Å². The Morgan fingerprint density at radius 2 is 2.12 bits per heavy atom. The van der Waals surface area contributed by atoms with Gasteiger partial charge in [0.2, 0.25) is 5.91 Å². The van der Waals surface area contributed by atoms with E-state index in [-0.39, 0.29) is 11.9 Å². The van der Waals surface area contributed by atoms with Crippen LogP contribution < -0.4 is 15.8 Å². The van der Waals surface area contributed by atoms with Crippen molar-refractivity contribution in [3.8, 4) is 5.75 Å². The molecule has 1 aromatic carbocycles. The highest BCUT2D eigenvalue weighted by atomic mass is 16.5. The van der Waals surface area contributed by atoms with Crippen LogP contribution in [-0.4, -0.2) is 19.1 Å². The molecule has 4 heteroatoms. The zero-order chi connectivity index (χ0) is 12.1. The van der Waals surface area contributed by atoms with E-state index in [0.29, 0.717) is 0 Å². The molecule has 0 heterocycles. The lowest BCUT2D eigenvalue weighted by Crippen LogP contribution is -2.39. The van der Waals surface area contributed by atoms with Crippen LogP contribution >= 0.6 is 0 Å². The third kappa shape index (κ3) is 3.24. The summed E-state index contributed by atoms with van der Waals surface area (Å²) in [5.41, 5.74) is 6.48. The zero-order valence-electron chi connectivity index (χ0n) is 9.86. The average molecular weight is 222 g/mol. The van der Waals surface area contributed by atoms with Gasteiger partial charge in [0, 0.05) is 0 Å². The molecule has 16 heavy (non-hydrogen) atoms. The number of benzene rings is 1. The molecular weight excluding hydrogens is 204 g/mol. The topological polar surface area (TPSA) is 64.3 Å². The number of carbonyl (C=O) groups is 1. The van der Waals surface area contributed by atoms with Crippen molar-refractivity contribution >= 4 is 5.91 Å². The van der Waals surface area contributed by atoms with Gasteiger partial charge in [-0.05, 0) is 31.5 Å². The minimum atomic E-state index is -0.493. The summed E-state index contributed by atoms with van der Waals surface area (Å²) in [5.74, 6) is 0.620. The van der Waals surface area contributed by atoms with Gasteiger partial charge in [-0.25, -0.2) is 0 Å². The Labute approximate surface area is 95.8 Å². The number of nitrogens with two attached hydrogens (primary N) is 1. The first kappa shape index (κ1) is 12.5. The summed E-state index contributed by atoms with van der Waals surface area (Å²) in [6.07, 6.45) is 0. The van der Waals surface area contributed by atoms with E-state index >= 15 is 0 Å². The standard InChI is InChI=1S/C12H18N2O2/c1-8(13)12(15)14-9(2)10-5-4-6-11(7-10)16-3/h4-9H,13H2,1-3H3,(H,14,15)/t8?,9-/m1/s1. The lowest BCUT2D eigenvalue weighted by atomic mass is 10.1. The molecule has 0 spiro atoms. The molecule has 0 saturated carbocycles. The predicted molar refractivity (Wildman–Crippen MR) is 63.2 cm³/mol. The van der Waals surface area contributed by atoms with Gasteiger partial charge in [0.15, 0.2) is 0 Å². The summed E-state index contributed by atoms with van der Waals surface area (Å²) >= 11 is 0. The molecule has 0 fully saturated rings. The SMILES string of the molecule is COc1cccc([C@@H](C)NC(=O)C(C)N)c1. The number of methoxy groups -OCH3 is 1. The van der Waals surface area contributed by atoms with E-state index < -0.39 is 6.04 Å². The van der Waals surface area contributed by atoms with Crippen molar-refractivity contribution in [2.45, 2.75) is 25.9 Å². The van der Waals surface area contributed by atoms with Crippen molar-refractivity contribution in [2.75, 3.05) is 7.11 Å². The molecule has 1 unspecified atom stereocenters. The monoisotopic (exact) mass is 222 g/mol. The molecule has 0 saturated heterocycles. The fourth-order valence-electron chi connectivity index (χ4n) is 1.34. The van der Waals surface area contributed by atoms with Gasteiger partial charge in [0.1, 0.15) is 5.75 Å². The predicted octanol–water partition coefficient (Wildman–Crippen LogP) is 1.22. The van der Waals surface area contributed by atoms with Crippen molar-refractivity contribution < 1.29 is 9.53 Å². The van der Waals surface area contributed by atoms with Crippen molar-refractivity contribution in [3.63, 3.8) is 0 Å². The smallest absolute Gasteiger partial charge is 0.237 e. The average Bonchev–Trinajstić information content (AvgIpc) is 2.28. The van der Waals surface area contributed by atoms with Gasteiger partial charge in [-0.2, -0.15) is 0 Å². The molecule has 4 nitrogen and oxygen atoms in total. The zero-order valence-corrected chi connectivity index (χ0v) is 9.86. The molecule has 0 aliphatic heterocycles.